The molecule has 0 aliphatic rings. The molecule has 5 heteroatoms. The van der Waals surface area contributed by atoms with Crippen LogP contribution in [0.3, 0.4) is 0 Å². The molecular weight excluding hydrogens is 220 g/mol. The SMILES string of the molecule is CNc1nc(NC(C)(C)C)c2ccsc2n1. The molecule has 0 fully saturated rings. The van der Waals surface area contributed by atoms with Gasteiger partial charge in [0.1, 0.15) is 10.6 Å². The van der Waals surface area contributed by atoms with Crippen LogP contribution >= 0.6 is 11.3 Å². The van der Waals surface area contributed by atoms with Crippen molar-refractivity contribution in [2.75, 3.05) is 17.7 Å². The molecule has 2 aromatic heterocycles. The number of rotatable bonds is 2. The third kappa shape index (κ3) is 2.24. The molecule has 0 aliphatic carbocycles. The molecule has 2 aromatic rings. The Balaban J connectivity index is 2.52. The van der Waals surface area contributed by atoms with Crippen LogP contribution in [0.25, 0.3) is 10.2 Å². The molecule has 0 aliphatic heterocycles. The first-order valence-electron chi connectivity index (χ1n) is 5.21. The van der Waals surface area contributed by atoms with E-state index in [0.29, 0.717) is 5.95 Å². The van der Waals surface area contributed by atoms with Gasteiger partial charge in [0.15, 0.2) is 0 Å². The van der Waals surface area contributed by atoms with Gasteiger partial charge < -0.3 is 10.6 Å². The highest BCUT2D eigenvalue weighted by Gasteiger charge is 2.14. The highest BCUT2D eigenvalue weighted by molar-refractivity contribution is 7.16. The smallest absolute Gasteiger partial charge is 0.225 e. The fourth-order valence-electron chi connectivity index (χ4n) is 1.42. The standard InChI is InChI=1S/C11H16N4S/c1-11(2,3)15-8-7-5-6-16-9(7)14-10(12-4)13-8/h5-6H,1-4H3,(H2,12,13,14,15). The number of fused-ring (bicyclic) bond motifs is 1. The predicted octanol–water partition coefficient (Wildman–Crippen LogP) is 2.94. The van der Waals surface area contributed by atoms with E-state index in [9.17, 15) is 0 Å². The van der Waals surface area contributed by atoms with Crippen LogP contribution in [-0.2, 0) is 0 Å². The highest BCUT2D eigenvalue weighted by Crippen LogP contribution is 2.28. The van der Waals surface area contributed by atoms with Crippen molar-refractivity contribution in [2.45, 2.75) is 26.3 Å². The van der Waals surface area contributed by atoms with Gasteiger partial charge in [-0.05, 0) is 32.2 Å². The number of nitrogens with one attached hydrogen (secondary N) is 2. The van der Waals surface area contributed by atoms with Crippen LogP contribution in [0.1, 0.15) is 20.8 Å². The van der Waals surface area contributed by atoms with Crippen LogP contribution in [-0.4, -0.2) is 22.6 Å². The summed E-state index contributed by atoms with van der Waals surface area (Å²) >= 11 is 1.63. The Morgan fingerprint density at radius 1 is 1.25 bits per heavy atom. The predicted molar refractivity (Wildman–Crippen MR) is 70.3 cm³/mol. The van der Waals surface area contributed by atoms with Gasteiger partial charge in [-0.1, -0.05) is 0 Å². The minimum atomic E-state index is -0.00572. The van der Waals surface area contributed by atoms with Crippen LogP contribution in [0.2, 0.25) is 0 Å². The summed E-state index contributed by atoms with van der Waals surface area (Å²) in [6.07, 6.45) is 0. The third-order valence-electron chi connectivity index (χ3n) is 2.04. The number of hydrogen-bond acceptors (Lipinski definition) is 5. The molecule has 16 heavy (non-hydrogen) atoms. The van der Waals surface area contributed by atoms with Crippen molar-refractivity contribution in [1.82, 2.24) is 9.97 Å². The van der Waals surface area contributed by atoms with Crippen LogP contribution in [0.5, 0.6) is 0 Å². The number of thiophene rings is 1. The van der Waals surface area contributed by atoms with E-state index in [1.807, 2.05) is 18.5 Å². The number of anilines is 2. The van der Waals surface area contributed by atoms with E-state index in [0.717, 1.165) is 16.0 Å². The first-order chi connectivity index (χ1) is 7.49. The monoisotopic (exact) mass is 236 g/mol. The number of hydrogen-bond donors (Lipinski definition) is 2. The summed E-state index contributed by atoms with van der Waals surface area (Å²) in [5.41, 5.74) is -0.00572. The minimum absolute atomic E-state index is 0.00572. The van der Waals surface area contributed by atoms with Gasteiger partial charge >= 0.3 is 0 Å². The van der Waals surface area contributed by atoms with E-state index < -0.39 is 0 Å². The van der Waals surface area contributed by atoms with Crippen molar-refractivity contribution in [3.8, 4) is 0 Å². The number of aromatic nitrogens is 2. The van der Waals surface area contributed by atoms with Gasteiger partial charge in [-0.15, -0.1) is 11.3 Å². The zero-order valence-corrected chi connectivity index (χ0v) is 10.8. The lowest BCUT2D eigenvalue weighted by atomic mass is 10.1. The highest BCUT2D eigenvalue weighted by atomic mass is 32.1. The largest absolute Gasteiger partial charge is 0.365 e. The molecule has 86 valence electrons. The third-order valence-corrected chi connectivity index (χ3v) is 2.85. The second-order valence-corrected chi connectivity index (χ2v) is 5.55. The Morgan fingerprint density at radius 2 is 2.00 bits per heavy atom. The van der Waals surface area contributed by atoms with E-state index in [1.54, 1.807) is 11.3 Å². The maximum atomic E-state index is 4.45. The lowest BCUT2D eigenvalue weighted by Gasteiger charge is -2.22. The molecule has 0 spiro atoms. The Bertz CT molecular complexity index is 498. The molecule has 2 heterocycles. The summed E-state index contributed by atoms with van der Waals surface area (Å²) < 4.78 is 0. The van der Waals surface area contributed by atoms with Gasteiger partial charge in [-0.2, -0.15) is 4.98 Å². The molecular formula is C11H16N4S. The summed E-state index contributed by atoms with van der Waals surface area (Å²) in [5.74, 6) is 1.55. The van der Waals surface area contributed by atoms with Crippen LogP contribution in [0.4, 0.5) is 11.8 Å². The molecule has 0 atom stereocenters. The normalized spacial score (nSPS) is 11.8. The van der Waals surface area contributed by atoms with Crippen LogP contribution < -0.4 is 10.6 Å². The fraction of sp³-hybridized carbons (Fsp3) is 0.455. The zero-order chi connectivity index (χ0) is 11.8. The maximum absolute atomic E-state index is 4.45. The zero-order valence-electron chi connectivity index (χ0n) is 9.96. The van der Waals surface area contributed by atoms with Gasteiger partial charge in [0, 0.05) is 12.6 Å². The first kappa shape index (κ1) is 11.1. The summed E-state index contributed by atoms with van der Waals surface area (Å²) in [4.78, 5) is 9.86. The number of nitrogens with zero attached hydrogens (tertiary/aromatic N) is 2. The Kier molecular flexibility index (Phi) is 2.71. The van der Waals surface area contributed by atoms with E-state index in [-0.39, 0.29) is 5.54 Å². The van der Waals surface area contributed by atoms with Crippen molar-refractivity contribution < 1.29 is 0 Å². The first-order valence-corrected chi connectivity index (χ1v) is 6.09. The van der Waals surface area contributed by atoms with E-state index in [4.69, 9.17) is 0 Å². The van der Waals surface area contributed by atoms with E-state index in [2.05, 4.69) is 41.4 Å². The molecule has 0 saturated carbocycles. The Hall–Kier alpha value is -1.36. The van der Waals surface area contributed by atoms with Crippen molar-refractivity contribution in [1.29, 1.82) is 0 Å². The van der Waals surface area contributed by atoms with Gasteiger partial charge in [-0.25, -0.2) is 4.98 Å². The summed E-state index contributed by atoms with van der Waals surface area (Å²) in [6.45, 7) is 6.35. The van der Waals surface area contributed by atoms with Gasteiger partial charge in [-0.3, -0.25) is 0 Å². The lowest BCUT2D eigenvalue weighted by molar-refractivity contribution is 0.631. The topological polar surface area (TPSA) is 49.8 Å². The average molecular weight is 236 g/mol. The van der Waals surface area contributed by atoms with Crippen molar-refractivity contribution >= 4 is 33.3 Å². The summed E-state index contributed by atoms with van der Waals surface area (Å²) in [6, 6.07) is 2.05. The molecule has 2 rings (SSSR count). The molecule has 4 nitrogen and oxygen atoms in total. The van der Waals surface area contributed by atoms with Crippen molar-refractivity contribution in [3.05, 3.63) is 11.4 Å². The Morgan fingerprint density at radius 3 is 2.62 bits per heavy atom. The van der Waals surface area contributed by atoms with Gasteiger partial charge in [0.2, 0.25) is 5.95 Å². The summed E-state index contributed by atoms with van der Waals surface area (Å²) in [5, 5.41) is 9.50. The molecule has 0 saturated heterocycles. The molecule has 0 unspecified atom stereocenters. The van der Waals surface area contributed by atoms with E-state index >= 15 is 0 Å². The molecule has 0 radical (unpaired) electrons. The van der Waals surface area contributed by atoms with Crippen molar-refractivity contribution in [3.63, 3.8) is 0 Å². The molecule has 0 amide bonds. The quantitative estimate of drug-likeness (QED) is 0.841. The Labute approximate surface area is 99.1 Å². The maximum Gasteiger partial charge on any atom is 0.225 e. The van der Waals surface area contributed by atoms with Crippen LogP contribution in [0, 0.1) is 0 Å². The average Bonchev–Trinajstić information content (AvgIpc) is 2.63. The second-order valence-electron chi connectivity index (χ2n) is 4.66. The van der Waals surface area contributed by atoms with Crippen LogP contribution in [0.15, 0.2) is 11.4 Å². The minimum Gasteiger partial charge on any atom is -0.365 e. The lowest BCUT2D eigenvalue weighted by Crippen LogP contribution is -2.27. The fourth-order valence-corrected chi connectivity index (χ4v) is 2.18. The molecule has 2 N–H and O–H groups in total. The van der Waals surface area contributed by atoms with Gasteiger partial charge in [0.05, 0.1) is 5.39 Å². The molecule has 0 bridgehead atoms. The van der Waals surface area contributed by atoms with E-state index in [1.165, 1.54) is 0 Å². The van der Waals surface area contributed by atoms with Gasteiger partial charge in [0.25, 0.3) is 0 Å². The second kappa shape index (κ2) is 3.90. The summed E-state index contributed by atoms with van der Waals surface area (Å²) in [7, 11) is 1.83. The molecule has 0 aromatic carbocycles. The van der Waals surface area contributed by atoms with Crippen molar-refractivity contribution in [2.24, 2.45) is 0 Å².